The Morgan fingerprint density at radius 2 is 2.10 bits per heavy atom. The second-order valence-electron chi connectivity index (χ2n) is 5.29. The first-order chi connectivity index (χ1) is 10.0. The smallest absolute Gasteiger partial charge is 0.197 e. The number of nitrogens with zero attached hydrogens (tertiary/aromatic N) is 2. The van der Waals surface area contributed by atoms with Crippen LogP contribution in [-0.4, -0.2) is 16.5 Å². The highest BCUT2D eigenvalue weighted by Gasteiger charge is 2.16. The zero-order valence-corrected chi connectivity index (χ0v) is 16.2. The molecule has 2 rings (SSSR count). The van der Waals surface area contributed by atoms with E-state index in [0.29, 0.717) is 22.2 Å². The highest BCUT2D eigenvalue weighted by atomic mass is 127. The molecule has 0 amide bonds. The van der Waals surface area contributed by atoms with Gasteiger partial charge in [0.1, 0.15) is 5.82 Å². The number of halogens is 2. The molecule has 114 valence electrons. The zero-order valence-electron chi connectivity index (χ0n) is 12.4. The molecule has 0 atom stereocenters. The standard InChI is InChI=1S/C15H19BrIN3O/c1-4-7-18-15-13(17)10(8-9(2)3)19-14(20-15)11-5-6-12(16)21-11/h5-6,9H,4,7-8H2,1-3H3,(H,18,19,20). The van der Waals surface area contributed by atoms with E-state index in [9.17, 15) is 0 Å². The summed E-state index contributed by atoms with van der Waals surface area (Å²) in [5, 5.41) is 3.38. The van der Waals surface area contributed by atoms with E-state index in [4.69, 9.17) is 9.40 Å². The van der Waals surface area contributed by atoms with Gasteiger partial charge in [0.15, 0.2) is 16.3 Å². The summed E-state index contributed by atoms with van der Waals surface area (Å²) in [6.07, 6.45) is 1.98. The van der Waals surface area contributed by atoms with Crippen molar-refractivity contribution in [2.45, 2.75) is 33.6 Å². The molecule has 0 aliphatic rings. The van der Waals surface area contributed by atoms with E-state index < -0.39 is 0 Å². The third-order valence-corrected chi connectivity index (χ3v) is 4.42. The van der Waals surface area contributed by atoms with Crippen LogP contribution in [0.3, 0.4) is 0 Å². The van der Waals surface area contributed by atoms with E-state index in [-0.39, 0.29) is 0 Å². The molecule has 0 fully saturated rings. The minimum absolute atomic E-state index is 0.545. The van der Waals surface area contributed by atoms with Crippen molar-refractivity contribution in [3.05, 3.63) is 26.1 Å². The maximum atomic E-state index is 5.59. The van der Waals surface area contributed by atoms with Crippen LogP contribution in [0.4, 0.5) is 5.82 Å². The minimum atomic E-state index is 0.545. The Morgan fingerprint density at radius 3 is 2.67 bits per heavy atom. The molecule has 2 heterocycles. The Balaban J connectivity index is 2.44. The number of hydrogen-bond donors (Lipinski definition) is 1. The third-order valence-electron chi connectivity index (χ3n) is 2.86. The largest absolute Gasteiger partial charge is 0.446 e. The molecule has 0 bridgehead atoms. The summed E-state index contributed by atoms with van der Waals surface area (Å²) < 4.78 is 7.38. The van der Waals surface area contributed by atoms with Crippen LogP contribution in [0.25, 0.3) is 11.6 Å². The van der Waals surface area contributed by atoms with Gasteiger partial charge in [0.05, 0.1) is 9.26 Å². The quantitative estimate of drug-likeness (QED) is 0.603. The van der Waals surface area contributed by atoms with Gasteiger partial charge in [-0.15, -0.1) is 0 Å². The summed E-state index contributed by atoms with van der Waals surface area (Å²) in [5.41, 5.74) is 1.07. The number of furan rings is 1. The summed E-state index contributed by atoms with van der Waals surface area (Å²) in [6.45, 7) is 7.43. The molecular weight excluding hydrogens is 445 g/mol. The van der Waals surface area contributed by atoms with Crippen LogP contribution < -0.4 is 5.32 Å². The van der Waals surface area contributed by atoms with Gasteiger partial charge in [0.2, 0.25) is 0 Å². The van der Waals surface area contributed by atoms with E-state index in [1.807, 2.05) is 12.1 Å². The summed E-state index contributed by atoms with van der Waals surface area (Å²) >= 11 is 5.65. The molecule has 0 spiro atoms. The maximum Gasteiger partial charge on any atom is 0.197 e. The first kappa shape index (κ1) is 16.7. The average Bonchev–Trinajstić information content (AvgIpc) is 2.86. The molecular formula is C15H19BrIN3O. The zero-order chi connectivity index (χ0) is 15.4. The Kier molecular flexibility index (Phi) is 6.04. The summed E-state index contributed by atoms with van der Waals surface area (Å²) in [4.78, 5) is 9.31. The first-order valence-corrected chi connectivity index (χ1v) is 8.94. The van der Waals surface area contributed by atoms with Crippen LogP contribution in [0.1, 0.15) is 32.9 Å². The molecule has 0 aliphatic carbocycles. The number of rotatable bonds is 6. The van der Waals surface area contributed by atoms with Gasteiger partial charge in [-0.1, -0.05) is 20.8 Å². The number of nitrogens with one attached hydrogen (secondary N) is 1. The van der Waals surface area contributed by atoms with Crippen molar-refractivity contribution in [1.29, 1.82) is 0 Å². The van der Waals surface area contributed by atoms with Crippen LogP contribution in [-0.2, 0) is 6.42 Å². The molecule has 0 saturated carbocycles. The lowest BCUT2D eigenvalue weighted by Gasteiger charge is -2.13. The molecule has 0 radical (unpaired) electrons. The minimum Gasteiger partial charge on any atom is -0.446 e. The average molecular weight is 464 g/mol. The lowest BCUT2D eigenvalue weighted by Crippen LogP contribution is -2.10. The van der Waals surface area contributed by atoms with Gasteiger partial charge in [0.25, 0.3) is 0 Å². The number of hydrogen-bond acceptors (Lipinski definition) is 4. The highest BCUT2D eigenvalue weighted by molar-refractivity contribution is 14.1. The Hall–Kier alpha value is -0.630. The fourth-order valence-electron chi connectivity index (χ4n) is 1.92. The number of anilines is 1. The molecule has 6 heteroatoms. The Bertz CT molecular complexity index is 613. The predicted octanol–water partition coefficient (Wildman–Crippen LogP) is 5.12. The van der Waals surface area contributed by atoms with Gasteiger partial charge < -0.3 is 9.73 Å². The molecule has 1 N–H and O–H groups in total. The lowest BCUT2D eigenvalue weighted by molar-refractivity contribution is 0.550. The van der Waals surface area contributed by atoms with E-state index in [1.165, 1.54) is 0 Å². The van der Waals surface area contributed by atoms with Gasteiger partial charge in [-0.25, -0.2) is 9.97 Å². The van der Waals surface area contributed by atoms with Crippen LogP contribution in [0, 0.1) is 9.49 Å². The third kappa shape index (κ3) is 4.42. The van der Waals surface area contributed by atoms with Gasteiger partial charge in [-0.3, -0.25) is 0 Å². The van der Waals surface area contributed by atoms with Gasteiger partial charge >= 0.3 is 0 Å². The molecule has 0 aliphatic heterocycles. The van der Waals surface area contributed by atoms with Crippen LogP contribution in [0.2, 0.25) is 0 Å². The van der Waals surface area contributed by atoms with Crippen molar-refractivity contribution in [3.63, 3.8) is 0 Å². The van der Waals surface area contributed by atoms with Crippen LogP contribution in [0.15, 0.2) is 21.2 Å². The Labute approximate surface area is 147 Å². The van der Waals surface area contributed by atoms with Crippen molar-refractivity contribution in [1.82, 2.24) is 9.97 Å². The highest BCUT2D eigenvalue weighted by Crippen LogP contribution is 2.28. The van der Waals surface area contributed by atoms with Gasteiger partial charge in [-0.2, -0.15) is 0 Å². The SMILES string of the molecule is CCCNc1nc(-c2ccc(Br)o2)nc(CC(C)C)c1I. The topological polar surface area (TPSA) is 51.0 Å². The molecule has 4 nitrogen and oxygen atoms in total. The van der Waals surface area contributed by atoms with Crippen molar-refractivity contribution in [2.24, 2.45) is 5.92 Å². The van der Waals surface area contributed by atoms with Crippen molar-refractivity contribution >= 4 is 44.3 Å². The molecule has 2 aromatic heterocycles. The molecule has 21 heavy (non-hydrogen) atoms. The van der Waals surface area contributed by atoms with Crippen molar-refractivity contribution < 1.29 is 4.42 Å². The summed E-state index contributed by atoms with van der Waals surface area (Å²) in [6, 6.07) is 3.74. The molecule has 2 aromatic rings. The van der Waals surface area contributed by atoms with Gasteiger partial charge in [-0.05, 0) is 69.4 Å². The summed E-state index contributed by atoms with van der Waals surface area (Å²) in [5.74, 6) is 2.76. The first-order valence-electron chi connectivity index (χ1n) is 7.07. The number of aromatic nitrogens is 2. The molecule has 0 saturated heterocycles. The molecule has 0 unspecified atom stereocenters. The van der Waals surface area contributed by atoms with Crippen molar-refractivity contribution in [2.75, 3.05) is 11.9 Å². The van der Waals surface area contributed by atoms with E-state index in [0.717, 1.165) is 34.5 Å². The van der Waals surface area contributed by atoms with E-state index >= 15 is 0 Å². The fraction of sp³-hybridized carbons (Fsp3) is 0.467. The van der Waals surface area contributed by atoms with Crippen molar-refractivity contribution in [3.8, 4) is 11.6 Å². The molecule has 0 aromatic carbocycles. The second-order valence-corrected chi connectivity index (χ2v) is 7.15. The van der Waals surface area contributed by atoms with Gasteiger partial charge in [0, 0.05) is 6.54 Å². The Morgan fingerprint density at radius 1 is 1.33 bits per heavy atom. The lowest BCUT2D eigenvalue weighted by atomic mass is 10.1. The monoisotopic (exact) mass is 463 g/mol. The van der Waals surface area contributed by atoms with Crippen LogP contribution >= 0.6 is 38.5 Å². The maximum absolute atomic E-state index is 5.59. The second kappa shape index (κ2) is 7.58. The predicted molar refractivity (Wildman–Crippen MR) is 97.5 cm³/mol. The summed E-state index contributed by atoms with van der Waals surface area (Å²) in [7, 11) is 0. The van der Waals surface area contributed by atoms with E-state index in [2.05, 4.69) is 69.6 Å². The van der Waals surface area contributed by atoms with Crippen LogP contribution in [0.5, 0.6) is 0 Å². The fourth-order valence-corrected chi connectivity index (χ4v) is 2.88. The normalized spacial score (nSPS) is 11.1. The van der Waals surface area contributed by atoms with E-state index in [1.54, 1.807) is 0 Å².